The smallest absolute Gasteiger partial charge is 0.361 e. The fraction of sp³-hybridized carbons (Fsp3) is 0.118. The second-order valence-electron chi connectivity index (χ2n) is 4.92. The van der Waals surface area contributed by atoms with Crippen molar-refractivity contribution in [3.05, 3.63) is 58.2 Å². The van der Waals surface area contributed by atoms with Gasteiger partial charge in [0, 0.05) is 5.56 Å². The first-order chi connectivity index (χ1) is 11.6. The lowest BCUT2D eigenvalue weighted by atomic mass is 9.97. The molecule has 0 aliphatic rings. The predicted octanol–water partition coefficient (Wildman–Crippen LogP) is 4.62. The Bertz CT molecular complexity index is 893. The van der Waals surface area contributed by atoms with Gasteiger partial charge in [-0.1, -0.05) is 53.5 Å². The molecule has 3 aromatic rings. The number of halogens is 2. The average molecular weight is 362 g/mol. The van der Waals surface area contributed by atoms with Crippen LogP contribution < -0.4 is 0 Å². The van der Waals surface area contributed by atoms with Crippen LogP contribution in [0, 0.1) is 0 Å². The Morgan fingerprint density at radius 1 is 1.08 bits per heavy atom. The molecular formula is C17H13Cl2N3O2. The van der Waals surface area contributed by atoms with E-state index in [0.29, 0.717) is 15.7 Å². The highest BCUT2D eigenvalue weighted by Gasteiger charge is 2.21. The number of aromatic nitrogens is 3. The lowest BCUT2D eigenvalue weighted by Gasteiger charge is -2.09. The number of carbonyl (C=O) groups is 1. The number of nitrogens with zero attached hydrogens (tertiary/aromatic N) is 2. The largest absolute Gasteiger partial charge is 0.461 e. The molecule has 0 atom stereocenters. The number of aromatic amines is 1. The number of hydrogen-bond acceptors (Lipinski definition) is 4. The Kier molecular flexibility index (Phi) is 4.83. The van der Waals surface area contributed by atoms with Crippen molar-refractivity contribution in [2.24, 2.45) is 0 Å². The molecule has 0 saturated heterocycles. The summed E-state index contributed by atoms with van der Waals surface area (Å²) in [4.78, 5) is 12.1. The molecule has 2 aromatic carbocycles. The Hall–Kier alpha value is -2.37. The number of carbonyl (C=O) groups excluding carboxylic acids is 1. The average Bonchev–Trinajstić information content (AvgIpc) is 3.07. The molecule has 0 saturated carbocycles. The van der Waals surface area contributed by atoms with E-state index < -0.39 is 5.97 Å². The zero-order valence-corrected chi connectivity index (χ0v) is 14.2. The molecule has 3 rings (SSSR count). The van der Waals surface area contributed by atoms with Gasteiger partial charge in [0.15, 0.2) is 5.69 Å². The van der Waals surface area contributed by atoms with E-state index in [1.54, 1.807) is 19.1 Å². The van der Waals surface area contributed by atoms with Gasteiger partial charge in [0.25, 0.3) is 0 Å². The number of hydrogen-bond donors (Lipinski definition) is 1. The maximum Gasteiger partial charge on any atom is 0.361 e. The zero-order valence-electron chi connectivity index (χ0n) is 12.7. The summed E-state index contributed by atoms with van der Waals surface area (Å²) in [6, 6.07) is 12.9. The molecule has 7 heteroatoms. The van der Waals surface area contributed by atoms with Gasteiger partial charge in [0.1, 0.15) is 5.69 Å². The Morgan fingerprint density at radius 2 is 1.83 bits per heavy atom. The van der Waals surface area contributed by atoms with Crippen LogP contribution >= 0.6 is 23.2 Å². The zero-order chi connectivity index (χ0) is 17.1. The maximum absolute atomic E-state index is 12.1. The molecule has 1 N–H and O–H groups in total. The lowest BCUT2D eigenvalue weighted by Crippen LogP contribution is -2.07. The van der Waals surface area contributed by atoms with Gasteiger partial charge in [0.2, 0.25) is 0 Å². The number of rotatable bonds is 4. The van der Waals surface area contributed by atoms with Gasteiger partial charge in [-0.2, -0.15) is 10.3 Å². The van der Waals surface area contributed by atoms with Crippen LogP contribution in [-0.4, -0.2) is 28.0 Å². The summed E-state index contributed by atoms with van der Waals surface area (Å²) in [5, 5.41) is 11.5. The molecule has 0 bridgehead atoms. The minimum absolute atomic E-state index is 0.143. The van der Waals surface area contributed by atoms with E-state index in [1.807, 2.05) is 30.3 Å². The van der Waals surface area contributed by atoms with Gasteiger partial charge in [-0.25, -0.2) is 4.79 Å². The topological polar surface area (TPSA) is 67.9 Å². The third-order valence-corrected chi connectivity index (χ3v) is 4.17. The fourth-order valence-electron chi connectivity index (χ4n) is 2.37. The first-order valence-electron chi connectivity index (χ1n) is 7.24. The van der Waals surface area contributed by atoms with Gasteiger partial charge >= 0.3 is 5.97 Å². The SMILES string of the molecule is CCOC(=O)c1n[nH]nc1-c1ccccc1-c1ccc(Cl)c(Cl)c1. The van der Waals surface area contributed by atoms with E-state index in [-0.39, 0.29) is 12.3 Å². The highest BCUT2D eigenvalue weighted by Crippen LogP contribution is 2.35. The van der Waals surface area contributed by atoms with Crippen LogP contribution in [0.1, 0.15) is 17.4 Å². The van der Waals surface area contributed by atoms with Crippen LogP contribution in [0.3, 0.4) is 0 Å². The van der Waals surface area contributed by atoms with Crippen LogP contribution in [0.25, 0.3) is 22.4 Å². The molecule has 0 unspecified atom stereocenters. The van der Waals surface area contributed by atoms with Crippen molar-refractivity contribution in [2.45, 2.75) is 6.92 Å². The molecule has 0 spiro atoms. The Balaban J connectivity index is 2.13. The molecule has 24 heavy (non-hydrogen) atoms. The Labute approximate surface area is 148 Å². The molecular weight excluding hydrogens is 349 g/mol. The van der Waals surface area contributed by atoms with Crippen molar-refractivity contribution in [3.63, 3.8) is 0 Å². The number of ether oxygens (including phenoxy) is 1. The lowest BCUT2D eigenvalue weighted by molar-refractivity contribution is 0.0520. The third-order valence-electron chi connectivity index (χ3n) is 3.43. The van der Waals surface area contributed by atoms with E-state index in [9.17, 15) is 4.79 Å². The summed E-state index contributed by atoms with van der Waals surface area (Å²) in [5.41, 5.74) is 3.03. The van der Waals surface area contributed by atoms with E-state index >= 15 is 0 Å². The quantitative estimate of drug-likeness (QED) is 0.688. The van der Waals surface area contributed by atoms with Crippen LogP contribution in [0.5, 0.6) is 0 Å². The van der Waals surface area contributed by atoms with Crippen molar-refractivity contribution in [1.29, 1.82) is 0 Å². The van der Waals surface area contributed by atoms with Crippen molar-refractivity contribution in [3.8, 4) is 22.4 Å². The van der Waals surface area contributed by atoms with E-state index in [4.69, 9.17) is 27.9 Å². The van der Waals surface area contributed by atoms with Crippen molar-refractivity contribution in [1.82, 2.24) is 15.4 Å². The molecule has 0 amide bonds. The normalized spacial score (nSPS) is 10.6. The fourth-order valence-corrected chi connectivity index (χ4v) is 2.66. The molecule has 0 fully saturated rings. The molecule has 0 radical (unpaired) electrons. The summed E-state index contributed by atoms with van der Waals surface area (Å²) in [6.45, 7) is 2.00. The van der Waals surface area contributed by atoms with Crippen LogP contribution in [0.2, 0.25) is 10.0 Å². The minimum atomic E-state index is -0.523. The van der Waals surface area contributed by atoms with Gasteiger partial charge < -0.3 is 4.74 Å². The molecule has 5 nitrogen and oxygen atoms in total. The van der Waals surface area contributed by atoms with Gasteiger partial charge in [-0.3, -0.25) is 0 Å². The minimum Gasteiger partial charge on any atom is -0.461 e. The maximum atomic E-state index is 12.1. The molecule has 1 heterocycles. The summed E-state index contributed by atoms with van der Waals surface area (Å²) >= 11 is 12.1. The summed E-state index contributed by atoms with van der Waals surface area (Å²) in [6.07, 6.45) is 0. The Morgan fingerprint density at radius 3 is 2.54 bits per heavy atom. The summed E-state index contributed by atoms with van der Waals surface area (Å²) < 4.78 is 5.03. The van der Waals surface area contributed by atoms with E-state index in [0.717, 1.165) is 16.7 Å². The second kappa shape index (κ2) is 7.03. The molecule has 122 valence electrons. The highest BCUT2D eigenvalue weighted by molar-refractivity contribution is 6.42. The standard InChI is InChI=1S/C17H13Cl2N3O2/c1-2-24-17(23)16-15(20-22-21-16)12-6-4-3-5-11(12)10-7-8-13(18)14(19)9-10/h3-9H,2H2,1H3,(H,20,21,22). The first kappa shape index (κ1) is 16.5. The van der Waals surface area contributed by atoms with Crippen LogP contribution in [0.4, 0.5) is 0 Å². The molecule has 1 aromatic heterocycles. The summed E-state index contributed by atoms with van der Waals surface area (Å²) in [7, 11) is 0. The van der Waals surface area contributed by atoms with E-state index in [2.05, 4.69) is 15.4 Å². The van der Waals surface area contributed by atoms with Gasteiger partial charge in [-0.05, 0) is 30.2 Å². The van der Waals surface area contributed by atoms with Crippen molar-refractivity contribution in [2.75, 3.05) is 6.61 Å². The number of benzene rings is 2. The van der Waals surface area contributed by atoms with E-state index in [1.165, 1.54) is 0 Å². The number of H-pyrrole nitrogens is 1. The summed E-state index contributed by atoms with van der Waals surface area (Å²) in [5.74, 6) is -0.523. The van der Waals surface area contributed by atoms with Crippen molar-refractivity contribution < 1.29 is 9.53 Å². The van der Waals surface area contributed by atoms with Crippen molar-refractivity contribution >= 4 is 29.2 Å². The van der Waals surface area contributed by atoms with Crippen LogP contribution in [0.15, 0.2) is 42.5 Å². The van der Waals surface area contributed by atoms with Crippen LogP contribution in [-0.2, 0) is 4.74 Å². The number of esters is 1. The van der Waals surface area contributed by atoms with Gasteiger partial charge in [0.05, 0.1) is 16.7 Å². The monoisotopic (exact) mass is 361 g/mol. The van der Waals surface area contributed by atoms with Gasteiger partial charge in [-0.15, -0.1) is 5.10 Å². The third kappa shape index (κ3) is 3.13. The first-order valence-corrected chi connectivity index (χ1v) is 8.00. The molecule has 0 aliphatic heterocycles. The number of nitrogens with one attached hydrogen (secondary N) is 1. The second-order valence-corrected chi connectivity index (χ2v) is 5.73. The predicted molar refractivity (Wildman–Crippen MR) is 93.2 cm³/mol. The highest BCUT2D eigenvalue weighted by atomic mass is 35.5. The molecule has 0 aliphatic carbocycles.